The van der Waals surface area contributed by atoms with Crippen LogP contribution in [0.2, 0.25) is 0 Å². The summed E-state index contributed by atoms with van der Waals surface area (Å²) in [5.74, 6) is -2.17. The van der Waals surface area contributed by atoms with Crippen LogP contribution in [0.4, 0.5) is 10.5 Å². The Morgan fingerprint density at radius 3 is 2.00 bits per heavy atom. The molecule has 0 aliphatic heterocycles. The van der Waals surface area contributed by atoms with Crippen molar-refractivity contribution in [1.29, 1.82) is 0 Å². The van der Waals surface area contributed by atoms with Gasteiger partial charge in [-0.3, -0.25) is 4.79 Å². The first-order valence-corrected chi connectivity index (χ1v) is 14.7. The standard InChI is InChI=1S/C33H47N3O7/c1-3-4-5-6-7-8-9-10-11-12-13-14-15-16-17-18-19-20-25-43-32(42-2)30(38)34-23-24-35-33(41)36-27-21-22-29(37)28(26-27)31(39)40/h4-5,7-8,10-11,13-14,16-17,21-22,26,32,37H,3,6,9,12,15,18-20,23-25H2,1-2H3,(H,34,38)(H,39,40)(H2,35,36,41)/b5-4-,8-7-,11-10-,14-13-,17-16-. The molecule has 0 radical (unpaired) electrons. The monoisotopic (exact) mass is 597 g/mol. The van der Waals surface area contributed by atoms with Crippen LogP contribution in [0.5, 0.6) is 5.75 Å². The van der Waals surface area contributed by atoms with Crippen LogP contribution in [0.3, 0.4) is 0 Å². The summed E-state index contributed by atoms with van der Waals surface area (Å²) in [7, 11) is 1.38. The molecule has 3 amide bonds. The number of amides is 3. The van der Waals surface area contributed by atoms with Crippen LogP contribution >= 0.6 is 0 Å². The van der Waals surface area contributed by atoms with Gasteiger partial charge >= 0.3 is 12.0 Å². The number of rotatable bonds is 22. The number of aromatic carboxylic acids is 1. The molecule has 5 N–H and O–H groups in total. The van der Waals surface area contributed by atoms with Crippen molar-refractivity contribution in [1.82, 2.24) is 10.6 Å². The molecule has 0 saturated heterocycles. The lowest BCUT2D eigenvalue weighted by atomic mass is 10.2. The molecule has 1 aromatic carbocycles. The number of nitrogens with one attached hydrogen (secondary N) is 3. The molecule has 10 heteroatoms. The van der Waals surface area contributed by atoms with Gasteiger partial charge < -0.3 is 35.6 Å². The van der Waals surface area contributed by atoms with Crippen molar-refractivity contribution in [3.05, 3.63) is 84.5 Å². The number of urea groups is 1. The molecule has 0 aliphatic rings. The normalized spacial score (nSPS) is 12.6. The fourth-order valence-corrected chi connectivity index (χ4v) is 3.58. The van der Waals surface area contributed by atoms with Gasteiger partial charge in [0.15, 0.2) is 0 Å². The lowest BCUT2D eigenvalue weighted by molar-refractivity contribution is -0.165. The van der Waals surface area contributed by atoms with Crippen LogP contribution in [0.25, 0.3) is 0 Å². The Balaban J connectivity index is 2.10. The third-order valence-corrected chi connectivity index (χ3v) is 5.81. The summed E-state index contributed by atoms with van der Waals surface area (Å²) in [6, 6.07) is 3.09. The first kappa shape index (κ1) is 36.9. The number of carboxylic acids is 1. The largest absolute Gasteiger partial charge is 0.507 e. The van der Waals surface area contributed by atoms with Gasteiger partial charge in [-0.15, -0.1) is 0 Å². The van der Waals surface area contributed by atoms with Gasteiger partial charge in [0.25, 0.3) is 5.91 Å². The molecule has 1 unspecified atom stereocenters. The van der Waals surface area contributed by atoms with E-state index >= 15 is 0 Å². The number of ether oxygens (including phenoxy) is 2. The maximum atomic E-state index is 12.3. The van der Waals surface area contributed by atoms with Gasteiger partial charge in [0.05, 0.1) is 6.61 Å². The maximum Gasteiger partial charge on any atom is 0.339 e. The summed E-state index contributed by atoms with van der Waals surface area (Å²) < 4.78 is 10.6. The molecule has 0 aliphatic carbocycles. The minimum atomic E-state index is -1.32. The van der Waals surface area contributed by atoms with Gasteiger partial charge in [-0.2, -0.15) is 0 Å². The molecular formula is C33H47N3O7. The highest BCUT2D eigenvalue weighted by atomic mass is 16.7. The van der Waals surface area contributed by atoms with E-state index in [-0.39, 0.29) is 24.3 Å². The Hall–Kier alpha value is -4.15. The molecule has 1 rings (SSSR count). The number of aromatic hydroxyl groups is 1. The van der Waals surface area contributed by atoms with Crippen LogP contribution in [0.1, 0.15) is 68.6 Å². The topological polar surface area (TPSA) is 146 Å². The highest BCUT2D eigenvalue weighted by molar-refractivity contribution is 5.95. The number of carbonyl (C=O) groups is 3. The fourth-order valence-electron chi connectivity index (χ4n) is 3.58. The molecule has 1 aromatic rings. The van der Waals surface area contributed by atoms with Crippen molar-refractivity contribution in [2.75, 3.05) is 32.1 Å². The van der Waals surface area contributed by atoms with Gasteiger partial charge in [-0.05, 0) is 69.6 Å². The van der Waals surface area contributed by atoms with Crippen LogP contribution in [0.15, 0.2) is 79.0 Å². The Bertz CT molecular complexity index is 1110. The van der Waals surface area contributed by atoms with E-state index in [1.807, 2.05) is 0 Å². The van der Waals surface area contributed by atoms with E-state index in [1.165, 1.54) is 19.2 Å². The Kier molecular flexibility index (Phi) is 21.0. The number of anilines is 1. The van der Waals surface area contributed by atoms with Crippen molar-refractivity contribution in [3.63, 3.8) is 0 Å². The van der Waals surface area contributed by atoms with Crippen molar-refractivity contribution < 1.29 is 34.1 Å². The predicted molar refractivity (Wildman–Crippen MR) is 170 cm³/mol. The van der Waals surface area contributed by atoms with Gasteiger partial charge in [-0.1, -0.05) is 67.7 Å². The zero-order chi connectivity index (χ0) is 31.5. The Morgan fingerprint density at radius 2 is 1.42 bits per heavy atom. The molecule has 236 valence electrons. The SMILES string of the molecule is CC/C=C\C/C=C\C/C=C\C/C=C\C/C=C\CCCCOC(OC)C(=O)NCCNC(=O)Nc1ccc(O)c(C(=O)O)c1. The van der Waals surface area contributed by atoms with E-state index in [0.717, 1.165) is 57.4 Å². The summed E-state index contributed by atoms with van der Waals surface area (Å²) in [6.45, 7) is 2.76. The third-order valence-electron chi connectivity index (χ3n) is 5.81. The summed E-state index contributed by atoms with van der Waals surface area (Å²) >= 11 is 0. The molecule has 0 fully saturated rings. The summed E-state index contributed by atoms with van der Waals surface area (Å²) in [6.07, 6.45) is 28.2. The maximum absolute atomic E-state index is 12.3. The number of methoxy groups -OCH3 is 1. The zero-order valence-electron chi connectivity index (χ0n) is 25.3. The number of carbonyl (C=O) groups excluding carboxylic acids is 2. The smallest absolute Gasteiger partial charge is 0.339 e. The lowest BCUT2D eigenvalue weighted by Gasteiger charge is -2.16. The molecular weight excluding hydrogens is 550 g/mol. The number of unbranched alkanes of at least 4 members (excludes halogenated alkanes) is 2. The Labute approximate surface area is 255 Å². The molecule has 1 atom stereocenters. The average molecular weight is 598 g/mol. The van der Waals surface area contributed by atoms with Gasteiger partial charge in [0.1, 0.15) is 11.3 Å². The minimum absolute atomic E-state index is 0.116. The molecule has 43 heavy (non-hydrogen) atoms. The molecule has 0 spiro atoms. The summed E-state index contributed by atoms with van der Waals surface area (Å²) in [5.41, 5.74) is -0.129. The second kappa shape index (κ2) is 24.4. The van der Waals surface area contributed by atoms with Gasteiger partial charge in [0, 0.05) is 25.9 Å². The van der Waals surface area contributed by atoms with Crippen LogP contribution in [0, 0.1) is 0 Å². The van der Waals surface area contributed by atoms with Crippen LogP contribution < -0.4 is 16.0 Å². The first-order chi connectivity index (χ1) is 20.9. The van der Waals surface area contributed by atoms with E-state index in [1.54, 1.807) is 0 Å². The third kappa shape index (κ3) is 18.8. The number of phenols is 1. The molecule has 0 heterocycles. The fraction of sp³-hybridized carbons (Fsp3) is 0.424. The number of carboxylic acid groups (broad SMARTS) is 1. The lowest BCUT2D eigenvalue weighted by Crippen LogP contribution is -2.42. The van der Waals surface area contributed by atoms with E-state index in [2.05, 4.69) is 83.6 Å². The summed E-state index contributed by atoms with van der Waals surface area (Å²) in [4.78, 5) is 35.4. The molecule has 0 aromatic heterocycles. The molecule has 0 saturated carbocycles. The quantitative estimate of drug-likeness (QED) is 0.0460. The van der Waals surface area contributed by atoms with Crippen LogP contribution in [-0.4, -0.2) is 61.2 Å². The summed E-state index contributed by atoms with van der Waals surface area (Å²) in [5, 5.41) is 26.2. The predicted octanol–water partition coefficient (Wildman–Crippen LogP) is 6.24. The van der Waals surface area contributed by atoms with Crippen molar-refractivity contribution in [3.8, 4) is 5.75 Å². The first-order valence-electron chi connectivity index (χ1n) is 14.7. The number of hydrogen-bond donors (Lipinski definition) is 5. The van der Waals surface area contributed by atoms with E-state index in [9.17, 15) is 19.5 Å². The number of benzene rings is 1. The molecule has 0 bridgehead atoms. The minimum Gasteiger partial charge on any atom is -0.507 e. The van der Waals surface area contributed by atoms with Crippen molar-refractivity contribution in [2.45, 2.75) is 64.6 Å². The van der Waals surface area contributed by atoms with Gasteiger partial charge in [0.2, 0.25) is 6.29 Å². The van der Waals surface area contributed by atoms with E-state index < -0.39 is 29.9 Å². The second-order valence-electron chi connectivity index (χ2n) is 9.35. The number of allylic oxidation sites excluding steroid dienone is 10. The molecule has 10 nitrogen and oxygen atoms in total. The second-order valence-corrected chi connectivity index (χ2v) is 9.35. The average Bonchev–Trinajstić information content (AvgIpc) is 2.99. The number of hydrogen-bond acceptors (Lipinski definition) is 6. The highest BCUT2D eigenvalue weighted by Crippen LogP contribution is 2.21. The Morgan fingerprint density at radius 1 is 0.837 bits per heavy atom. The van der Waals surface area contributed by atoms with Crippen LogP contribution in [-0.2, 0) is 14.3 Å². The van der Waals surface area contributed by atoms with E-state index in [0.29, 0.717) is 6.61 Å². The van der Waals surface area contributed by atoms with Gasteiger partial charge in [-0.25, -0.2) is 9.59 Å². The van der Waals surface area contributed by atoms with Crippen molar-refractivity contribution >= 4 is 23.6 Å². The zero-order valence-corrected chi connectivity index (χ0v) is 25.3. The van der Waals surface area contributed by atoms with E-state index in [4.69, 9.17) is 14.6 Å². The van der Waals surface area contributed by atoms with Crippen molar-refractivity contribution in [2.24, 2.45) is 0 Å². The highest BCUT2D eigenvalue weighted by Gasteiger charge is 2.17.